The molecule has 2 heterocycles. The molecule has 0 radical (unpaired) electrons. The van der Waals surface area contributed by atoms with Gasteiger partial charge in [-0.2, -0.15) is 0 Å². The van der Waals surface area contributed by atoms with Crippen molar-refractivity contribution in [2.75, 3.05) is 0 Å². The Kier molecular flexibility index (Phi) is 5.54. The van der Waals surface area contributed by atoms with Gasteiger partial charge in [0.25, 0.3) is 0 Å². The Balaban J connectivity index is 1.34. The number of aryl methyl sites for hydroxylation is 1. The van der Waals surface area contributed by atoms with Gasteiger partial charge in [0.05, 0.1) is 5.52 Å². The Morgan fingerprint density at radius 2 is 1.47 bits per heavy atom. The molecule has 0 saturated heterocycles. The normalized spacial score (nSPS) is 13.7. The third-order valence-corrected chi connectivity index (χ3v) is 9.05. The number of hydrogen-bond donors (Lipinski definition) is 0. The number of aromatic nitrogens is 2. The van der Waals surface area contributed by atoms with Crippen LogP contribution in [-0.2, 0) is 5.41 Å². The molecule has 5 aromatic carbocycles. The lowest BCUT2D eigenvalue weighted by Crippen LogP contribution is -2.16. The van der Waals surface area contributed by atoms with Crippen LogP contribution in [-0.4, -0.2) is 9.97 Å². The summed E-state index contributed by atoms with van der Waals surface area (Å²) in [5, 5.41) is 4.51. The predicted octanol–water partition coefficient (Wildman–Crippen LogP) is 10.7. The van der Waals surface area contributed by atoms with E-state index in [1.165, 1.54) is 38.8 Å². The minimum Gasteiger partial charge on any atom is -0.461 e. The highest BCUT2D eigenvalue weighted by molar-refractivity contribution is 6.06. The van der Waals surface area contributed by atoms with Crippen molar-refractivity contribution in [3.8, 4) is 33.6 Å². The van der Waals surface area contributed by atoms with E-state index in [0.717, 1.165) is 50.0 Å². The SMILES string of the molecule is C=C/C=C\c1c(C)oc2cc3c(cc12)-c1cccc(-c2ccc(-c4ncc5ccccc5n4)c4ccccc24)c1C3(C)C. The molecule has 3 heteroatoms. The molecule has 0 unspecified atom stereocenters. The van der Waals surface area contributed by atoms with Crippen molar-refractivity contribution in [2.24, 2.45) is 0 Å². The first-order chi connectivity index (χ1) is 21.0. The molecule has 0 aliphatic heterocycles. The second-order valence-corrected chi connectivity index (χ2v) is 11.9. The van der Waals surface area contributed by atoms with E-state index in [2.05, 4.69) is 93.2 Å². The van der Waals surface area contributed by atoms with Gasteiger partial charge in [0, 0.05) is 33.5 Å². The van der Waals surface area contributed by atoms with Crippen LogP contribution in [0.1, 0.15) is 36.3 Å². The van der Waals surface area contributed by atoms with E-state index in [9.17, 15) is 0 Å². The van der Waals surface area contributed by atoms with Crippen LogP contribution in [0.3, 0.4) is 0 Å². The van der Waals surface area contributed by atoms with Crippen molar-refractivity contribution in [3.05, 3.63) is 138 Å². The molecular formula is C40H30N2O. The zero-order chi connectivity index (χ0) is 29.3. The van der Waals surface area contributed by atoms with Crippen LogP contribution in [0.2, 0.25) is 0 Å². The average molecular weight is 555 g/mol. The molecule has 7 aromatic rings. The van der Waals surface area contributed by atoms with Crippen LogP contribution in [0, 0.1) is 6.92 Å². The van der Waals surface area contributed by atoms with Gasteiger partial charge in [-0.1, -0.05) is 105 Å². The fourth-order valence-electron chi connectivity index (χ4n) is 7.04. The summed E-state index contributed by atoms with van der Waals surface area (Å²) >= 11 is 0. The highest BCUT2D eigenvalue weighted by atomic mass is 16.3. The lowest BCUT2D eigenvalue weighted by atomic mass is 9.78. The van der Waals surface area contributed by atoms with Crippen molar-refractivity contribution >= 4 is 38.7 Å². The Bertz CT molecular complexity index is 2300. The summed E-state index contributed by atoms with van der Waals surface area (Å²) in [6.45, 7) is 10.5. The van der Waals surface area contributed by atoms with Gasteiger partial charge >= 0.3 is 0 Å². The molecule has 1 aliphatic carbocycles. The van der Waals surface area contributed by atoms with Crippen LogP contribution >= 0.6 is 0 Å². The molecule has 1 aliphatic rings. The number of hydrogen-bond acceptors (Lipinski definition) is 3. The number of allylic oxidation sites excluding steroid dienone is 2. The molecule has 206 valence electrons. The van der Waals surface area contributed by atoms with Gasteiger partial charge in [0.2, 0.25) is 0 Å². The van der Waals surface area contributed by atoms with Crippen LogP contribution in [0.25, 0.3) is 72.4 Å². The van der Waals surface area contributed by atoms with Crippen molar-refractivity contribution < 1.29 is 4.42 Å². The van der Waals surface area contributed by atoms with E-state index in [-0.39, 0.29) is 5.41 Å². The van der Waals surface area contributed by atoms with Gasteiger partial charge in [-0.3, -0.25) is 0 Å². The molecule has 8 rings (SSSR count). The van der Waals surface area contributed by atoms with E-state index in [1.807, 2.05) is 43.5 Å². The Hall–Kier alpha value is -5.28. The lowest BCUT2D eigenvalue weighted by Gasteiger charge is -2.25. The van der Waals surface area contributed by atoms with E-state index in [4.69, 9.17) is 14.4 Å². The highest BCUT2D eigenvalue weighted by Gasteiger charge is 2.38. The predicted molar refractivity (Wildman–Crippen MR) is 179 cm³/mol. The first kappa shape index (κ1) is 25.4. The quantitative estimate of drug-likeness (QED) is 0.203. The molecule has 0 spiro atoms. The third-order valence-electron chi connectivity index (χ3n) is 9.05. The number of para-hydroxylation sites is 1. The smallest absolute Gasteiger partial charge is 0.160 e. The van der Waals surface area contributed by atoms with E-state index in [1.54, 1.807) is 6.08 Å². The number of nitrogens with zero attached hydrogens (tertiary/aromatic N) is 2. The summed E-state index contributed by atoms with van der Waals surface area (Å²) in [7, 11) is 0. The molecule has 43 heavy (non-hydrogen) atoms. The zero-order valence-corrected chi connectivity index (χ0v) is 24.5. The van der Waals surface area contributed by atoms with Gasteiger partial charge in [0.15, 0.2) is 5.82 Å². The van der Waals surface area contributed by atoms with E-state index < -0.39 is 0 Å². The summed E-state index contributed by atoms with van der Waals surface area (Å²) < 4.78 is 6.27. The molecule has 0 atom stereocenters. The maximum atomic E-state index is 6.27. The van der Waals surface area contributed by atoms with Crippen LogP contribution in [0.15, 0.2) is 120 Å². The van der Waals surface area contributed by atoms with Crippen molar-refractivity contribution in [2.45, 2.75) is 26.2 Å². The highest BCUT2D eigenvalue weighted by Crippen LogP contribution is 2.54. The van der Waals surface area contributed by atoms with Crippen molar-refractivity contribution in [1.29, 1.82) is 0 Å². The Morgan fingerprint density at radius 3 is 2.28 bits per heavy atom. The molecule has 0 N–H and O–H groups in total. The van der Waals surface area contributed by atoms with Crippen LogP contribution in [0.4, 0.5) is 0 Å². The first-order valence-electron chi connectivity index (χ1n) is 14.7. The van der Waals surface area contributed by atoms with Crippen molar-refractivity contribution in [3.63, 3.8) is 0 Å². The molecule has 0 amide bonds. The van der Waals surface area contributed by atoms with Gasteiger partial charge in [0.1, 0.15) is 11.3 Å². The summed E-state index contributed by atoms with van der Waals surface area (Å²) in [6.07, 6.45) is 7.78. The van der Waals surface area contributed by atoms with E-state index in [0.29, 0.717) is 0 Å². The number of benzene rings is 5. The van der Waals surface area contributed by atoms with Crippen molar-refractivity contribution in [1.82, 2.24) is 9.97 Å². The number of rotatable bonds is 4. The average Bonchev–Trinajstić information content (AvgIpc) is 3.46. The van der Waals surface area contributed by atoms with Crippen LogP contribution < -0.4 is 0 Å². The molecule has 0 saturated carbocycles. The zero-order valence-electron chi connectivity index (χ0n) is 24.5. The molecule has 2 aromatic heterocycles. The maximum absolute atomic E-state index is 6.27. The largest absolute Gasteiger partial charge is 0.461 e. The lowest BCUT2D eigenvalue weighted by molar-refractivity contribution is 0.575. The molecule has 0 bridgehead atoms. The standard InChI is InChI=1S/C40H30N2O/c1-5-6-13-26-24(2)43-37-22-35-33(21-34(26)37)31-17-11-16-30(38(31)40(35,3)4)29-19-20-32(28-15-9-8-14-27(28)29)39-41-23-25-12-7-10-18-36(25)42-39/h5-23H,1H2,2-4H3/b13-6-. The van der Waals surface area contributed by atoms with Gasteiger partial charge in [-0.15, -0.1) is 0 Å². The van der Waals surface area contributed by atoms with Crippen LogP contribution in [0.5, 0.6) is 0 Å². The topological polar surface area (TPSA) is 38.9 Å². The third kappa shape index (κ3) is 3.74. The second-order valence-electron chi connectivity index (χ2n) is 11.9. The maximum Gasteiger partial charge on any atom is 0.160 e. The first-order valence-corrected chi connectivity index (χ1v) is 14.7. The minimum atomic E-state index is -0.214. The second kappa shape index (κ2) is 9.37. The Labute approximate surface area is 250 Å². The molecule has 0 fully saturated rings. The minimum absolute atomic E-state index is 0.214. The summed E-state index contributed by atoms with van der Waals surface area (Å²) in [4.78, 5) is 9.69. The summed E-state index contributed by atoms with van der Waals surface area (Å²) in [5.41, 5.74) is 11.5. The summed E-state index contributed by atoms with van der Waals surface area (Å²) in [6, 6.07) is 32.5. The fraction of sp³-hybridized carbons (Fsp3) is 0.100. The Morgan fingerprint density at radius 1 is 0.744 bits per heavy atom. The summed E-state index contributed by atoms with van der Waals surface area (Å²) in [5.74, 6) is 1.66. The van der Waals surface area contributed by atoms with Gasteiger partial charge < -0.3 is 4.42 Å². The van der Waals surface area contributed by atoms with Gasteiger partial charge in [-0.25, -0.2) is 9.97 Å². The number of furan rings is 1. The van der Waals surface area contributed by atoms with E-state index >= 15 is 0 Å². The fourth-order valence-corrected chi connectivity index (χ4v) is 7.04. The monoisotopic (exact) mass is 554 g/mol. The van der Waals surface area contributed by atoms with Gasteiger partial charge in [-0.05, 0) is 75.3 Å². The number of fused-ring (bicyclic) bond motifs is 6. The molecule has 3 nitrogen and oxygen atoms in total. The molecular weight excluding hydrogens is 524 g/mol.